The van der Waals surface area contributed by atoms with Crippen molar-refractivity contribution in [3.8, 4) is 0 Å². The number of likely N-dealkylation sites (tertiary alicyclic amines) is 1. The zero-order chi connectivity index (χ0) is 13.8. The molecule has 0 N–H and O–H groups in total. The SMILES string of the molecule is COCC1CCN(C(=O)Cc2c(C)noc2C)CC1. The van der Waals surface area contributed by atoms with Gasteiger partial charge in [0.05, 0.1) is 12.1 Å². The van der Waals surface area contributed by atoms with Crippen molar-refractivity contribution in [3.05, 3.63) is 17.0 Å². The molecule has 1 aromatic rings. The lowest BCUT2D eigenvalue weighted by molar-refractivity contribution is -0.132. The van der Waals surface area contributed by atoms with E-state index in [4.69, 9.17) is 9.26 Å². The number of aryl methyl sites for hydroxylation is 2. The largest absolute Gasteiger partial charge is 0.384 e. The van der Waals surface area contributed by atoms with Crippen molar-refractivity contribution >= 4 is 5.91 Å². The van der Waals surface area contributed by atoms with Crippen LogP contribution in [0, 0.1) is 19.8 Å². The summed E-state index contributed by atoms with van der Waals surface area (Å²) in [7, 11) is 1.73. The van der Waals surface area contributed by atoms with E-state index >= 15 is 0 Å². The van der Waals surface area contributed by atoms with Gasteiger partial charge in [0, 0.05) is 32.4 Å². The summed E-state index contributed by atoms with van der Waals surface area (Å²) in [5.74, 6) is 1.51. The number of hydrogen-bond acceptors (Lipinski definition) is 4. The van der Waals surface area contributed by atoms with Crippen molar-refractivity contribution in [2.24, 2.45) is 5.92 Å². The predicted octanol–water partition coefficient (Wildman–Crippen LogP) is 1.72. The van der Waals surface area contributed by atoms with Crippen LogP contribution in [-0.2, 0) is 16.0 Å². The summed E-state index contributed by atoms with van der Waals surface area (Å²) in [4.78, 5) is 14.2. The molecule has 1 aliphatic heterocycles. The minimum atomic E-state index is 0.172. The Kier molecular flexibility index (Phi) is 4.58. The Morgan fingerprint density at radius 2 is 2.11 bits per heavy atom. The number of ether oxygens (including phenoxy) is 1. The van der Waals surface area contributed by atoms with E-state index in [1.807, 2.05) is 18.7 Å². The first-order chi connectivity index (χ1) is 9.11. The van der Waals surface area contributed by atoms with E-state index in [0.717, 1.165) is 49.6 Å². The second-order valence-electron chi connectivity index (χ2n) is 5.26. The third-order valence-electron chi connectivity index (χ3n) is 3.88. The van der Waals surface area contributed by atoms with Gasteiger partial charge in [0.25, 0.3) is 0 Å². The van der Waals surface area contributed by atoms with Crippen LogP contribution in [-0.4, -0.2) is 42.8 Å². The van der Waals surface area contributed by atoms with E-state index in [1.54, 1.807) is 7.11 Å². The predicted molar refractivity (Wildman–Crippen MR) is 70.9 cm³/mol. The zero-order valence-corrected chi connectivity index (χ0v) is 11.9. The summed E-state index contributed by atoms with van der Waals surface area (Å²) >= 11 is 0. The van der Waals surface area contributed by atoms with E-state index in [-0.39, 0.29) is 5.91 Å². The first kappa shape index (κ1) is 14.1. The van der Waals surface area contributed by atoms with Crippen LogP contribution < -0.4 is 0 Å². The first-order valence-electron chi connectivity index (χ1n) is 6.80. The van der Waals surface area contributed by atoms with Gasteiger partial charge in [-0.15, -0.1) is 0 Å². The number of nitrogens with zero attached hydrogens (tertiary/aromatic N) is 2. The lowest BCUT2D eigenvalue weighted by Crippen LogP contribution is -2.40. The number of aromatic nitrogens is 1. The molecule has 5 nitrogen and oxygen atoms in total. The highest BCUT2D eigenvalue weighted by molar-refractivity contribution is 5.79. The highest BCUT2D eigenvalue weighted by Crippen LogP contribution is 2.19. The molecule has 5 heteroatoms. The van der Waals surface area contributed by atoms with Crippen LogP contribution in [0.3, 0.4) is 0 Å². The third-order valence-corrected chi connectivity index (χ3v) is 3.88. The van der Waals surface area contributed by atoms with Gasteiger partial charge in [0.2, 0.25) is 5.91 Å². The van der Waals surface area contributed by atoms with Crippen molar-refractivity contribution in [1.82, 2.24) is 10.1 Å². The molecule has 1 fully saturated rings. The molecule has 0 saturated carbocycles. The summed E-state index contributed by atoms with van der Waals surface area (Å²) in [6.07, 6.45) is 2.46. The average Bonchev–Trinajstić information content (AvgIpc) is 2.72. The molecule has 1 amide bonds. The van der Waals surface area contributed by atoms with Crippen LogP contribution in [0.25, 0.3) is 0 Å². The van der Waals surface area contributed by atoms with Crippen molar-refractivity contribution in [1.29, 1.82) is 0 Å². The maximum atomic E-state index is 12.3. The van der Waals surface area contributed by atoms with E-state index < -0.39 is 0 Å². The molecule has 1 aromatic heterocycles. The molecule has 19 heavy (non-hydrogen) atoms. The fourth-order valence-electron chi connectivity index (χ4n) is 2.60. The Labute approximate surface area is 113 Å². The van der Waals surface area contributed by atoms with E-state index in [9.17, 15) is 4.79 Å². The van der Waals surface area contributed by atoms with Crippen LogP contribution in [0.1, 0.15) is 29.9 Å². The number of rotatable bonds is 4. The van der Waals surface area contributed by atoms with Crippen molar-refractivity contribution in [3.63, 3.8) is 0 Å². The first-order valence-corrected chi connectivity index (χ1v) is 6.80. The van der Waals surface area contributed by atoms with Gasteiger partial charge in [-0.2, -0.15) is 0 Å². The standard InChI is InChI=1S/C14H22N2O3/c1-10-13(11(2)19-15-10)8-14(17)16-6-4-12(5-7-16)9-18-3/h12H,4-9H2,1-3H3. The molecule has 0 atom stereocenters. The van der Waals surface area contributed by atoms with Gasteiger partial charge in [-0.25, -0.2) is 0 Å². The second kappa shape index (κ2) is 6.19. The molecule has 0 radical (unpaired) electrons. The molecule has 2 heterocycles. The minimum absolute atomic E-state index is 0.172. The molecule has 106 valence electrons. The van der Waals surface area contributed by atoms with Gasteiger partial charge in [0.1, 0.15) is 5.76 Å². The average molecular weight is 266 g/mol. The van der Waals surface area contributed by atoms with Crippen molar-refractivity contribution in [2.45, 2.75) is 33.1 Å². The molecular weight excluding hydrogens is 244 g/mol. The molecule has 0 bridgehead atoms. The summed E-state index contributed by atoms with van der Waals surface area (Å²) in [6, 6.07) is 0. The highest BCUT2D eigenvalue weighted by Gasteiger charge is 2.24. The summed E-state index contributed by atoms with van der Waals surface area (Å²) < 4.78 is 10.3. The van der Waals surface area contributed by atoms with Crippen LogP contribution in [0.4, 0.5) is 0 Å². The van der Waals surface area contributed by atoms with Crippen LogP contribution in [0.5, 0.6) is 0 Å². The fourth-order valence-corrected chi connectivity index (χ4v) is 2.60. The Morgan fingerprint density at radius 3 is 2.63 bits per heavy atom. The zero-order valence-electron chi connectivity index (χ0n) is 11.9. The Morgan fingerprint density at radius 1 is 1.42 bits per heavy atom. The van der Waals surface area contributed by atoms with Crippen LogP contribution >= 0.6 is 0 Å². The summed E-state index contributed by atoms with van der Waals surface area (Å²) in [6.45, 7) is 6.19. The Hall–Kier alpha value is -1.36. The summed E-state index contributed by atoms with van der Waals surface area (Å²) in [5.41, 5.74) is 1.75. The molecule has 2 rings (SSSR count). The Balaban J connectivity index is 1.88. The van der Waals surface area contributed by atoms with E-state index in [2.05, 4.69) is 5.16 Å². The van der Waals surface area contributed by atoms with Crippen LogP contribution in [0.2, 0.25) is 0 Å². The molecule has 0 unspecified atom stereocenters. The monoisotopic (exact) mass is 266 g/mol. The topological polar surface area (TPSA) is 55.6 Å². The number of carbonyl (C=O) groups is 1. The fraction of sp³-hybridized carbons (Fsp3) is 0.714. The van der Waals surface area contributed by atoms with Gasteiger partial charge < -0.3 is 14.2 Å². The molecule has 0 aromatic carbocycles. The van der Waals surface area contributed by atoms with Gasteiger partial charge >= 0.3 is 0 Å². The molecule has 0 spiro atoms. The van der Waals surface area contributed by atoms with E-state index in [1.165, 1.54) is 0 Å². The third kappa shape index (κ3) is 3.35. The maximum absolute atomic E-state index is 12.3. The molecular formula is C14H22N2O3. The highest BCUT2D eigenvalue weighted by atomic mass is 16.5. The maximum Gasteiger partial charge on any atom is 0.227 e. The van der Waals surface area contributed by atoms with Crippen LogP contribution in [0.15, 0.2) is 4.52 Å². The number of methoxy groups -OCH3 is 1. The minimum Gasteiger partial charge on any atom is -0.384 e. The Bertz CT molecular complexity index is 414. The summed E-state index contributed by atoms with van der Waals surface area (Å²) in [5, 5.41) is 3.89. The van der Waals surface area contributed by atoms with Gasteiger partial charge in [-0.05, 0) is 32.6 Å². The number of carbonyl (C=O) groups excluding carboxylic acids is 1. The smallest absolute Gasteiger partial charge is 0.227 e. The molecule has 0 aliphatic carbocycles. The molecule has 1 aliphatic rings. The van der Waals surface area contributed by atoms with Crippen molar-refractivity contribution in [2.75, 3.05) is 26.8 Å². The van der Waals surface area contributed by atoms with Gasteiger partial charge in [-0.1, -0.05) is 5.16 Å². The quantitative estimate of drug-likeness (QED) is 0.832. The number of amides is 1. The van der Waals surface area contributed by atoms with Gasteiger partial charge in [-0.3, -0.25) is 4.79 Å². The lowest BCUT2D eigenvalue weighted by atomic mass is 9.97. The van der Waals surface area contributed by atoms with Gasteiger partial charge in [0.15, 0.2) is 0 Å². The number of hydrogen-bond donors (Lipinski definition) is 0. The number of piperidine rings is 1. The second-order valence-corrected chi connectivity index (χ2v) is 5.26. The lowest BCUT2D eigenvalue weighted by Gasteiger charge is -2.31. The normalized spacial score (nSPS) is 16.9. The van der Waals surface area contributed by atoms with Crippen molar-refractivity contribution < 1.29 is 14.1 Å². The molecule has 1 saturated heterocycles. The van der Waals surface area contributed by atoms with E-state index in [0.29, 0.717) is 12.3 Å².